The number of benzene rings is 2. The summed E-state index contributed by atoms with van der Waals surface area (Å²) < 4.78 is 16.6. The summed E-state index contributed by atoms with van der Waals surface area (Å²) in [5.74, 6) is 1.42. The maximum absolute atomic E-state index is 13.0. The van der Waals surface area contributed by atoms with Gasteiger partial charge in [0.15, 0.2) is 5.43 Å². The van der Waals surface area contributed by atoms with Gasteiger partial charge in [-0.1, -0.05) is 42.5 Å². The molecule has 0 spiro atoms. The number of carbonyl (C=O) groups excluding carboxylic acids is 1. The van der Waals surface area contributed by atoms with Gasteiger partial charge in [-0.05, 0) is 60.9 Å². The minimum absolute atomic E-state index is 0.206. The van der Waals surface area contributed by atoms with E-state index in [1.165, 1.54) is 12.1 Å². The normalized spacial score (nSPS) is 11.1. The number of hydrogen-bond donors (Lipinski definition) is 0. The molecule has 0 amide bonds. The predicted octanol–water partition coefficient (Wildman–Crippen LogP) is 5.70. The van der Waals surface area contributed by atoms with Gasteiger partial charge in [0.05, 0.1) is 17.9 Å². The second kappa shape index (κ2) is 8.94. The van der Waals surface area contributed by atoms with E-state index in [4.69, 9.17) is 13.9 Å². The van der Waals surface area contributed by atoms with Gasteiger partial charge >= 0.3 is 5.97 Å². The molecular weight excluding hydrogens is 404 g/mol. The first-order valence-corrected chi connectivity index (χ1v) is 10.1. The van der Waals surface area contributed by atoms with Crippen molar-refractivity contribution in [3.8, 4) is 22.6 Å². The van der Waals surface area contributed by atoms with E-state index < -0.39 is 5.97 Å². The molecule has 0 bridgehead atoms. The average Bonchev–Trinajstić information content (AvgIpc) is 3.01. The first kappa shape index (κ1) is 21.1. The Bertz CT molecular complexity index is 1360. The lowest BCUT2D eigenvalue weighted by molar-refractivity contribution is -0.128. The minimum Gasteiger partial charge on any atom is -0.497 e. The van der Waals surface area contributed by atoms with E-state index in [9.17, 15) is 9.59 Å². The number of ether oxygens (including phenoxy) is 2. The highest BCUT2D eigenvalue weighted by atomic mass is 16.5. The SMILES string of the molecule is COc1ccc(-c2cc(OC(=O)/C=C/c3ccccc3)c3c(C)oc(C)c3c(=O)c2)cc1. The van der Waals surface area contributed by atoms with Gasteiger partial charge in [0.2, 0.25) is 0 Å². The highest BCUT2D eigenvalue weighted by molar-refractivity contribution is 5.96. The van der Waals surface area contributed by atoms with Crippen molar-refractivity contribution in [2.24, 2.45) is 0 Å². The van der Waals surface area contributed by atoms with Crippen LogP contribution in [0.25, 0.3) is 28.0 Å². The molecule has 160 valence electrons. The number of hydrogen-bond acceptors (Lipinski definition) is 5. The fourth-order valence-corrected chi connectivity index (χ4v) is 3.65. The lowest BCUT2D eigenvalue weighted by Gasteiger charge is -2.05. The van der Waals surface area contributed by atoms with Gasteiger partial charge < -0.3 is 13.9 Å². The van der Waals surface area contributed by atoms with Crippen molar-refractivity contribution in [2.45, 2.75) is 13.8 Å². The number of esters is 1. The molecule has 0 fully saturated rings. The second-order valence-corrected chi connectivity index (χ2v) is 7.33. The molecule has 1 heterocycles. The Hall–Kier alpha value is -4.12. The molecule has 0 aliphatic heterocycles. The molecule has 32 heavy (non-hydrogen) atoms. The Morgan fingerprint density at radius 2 is 1.56 bits per heavy atom. The molecule has 1 aromatic heterocycles. The van der Waals surface area contributed by atoms with Crippen LogP contribution < -0.4 is 14.9 Å². The fourth-order valence-electron chi connectivity index (χ4n) is 3.65. The zero-order valence-electron chi connectivity index (χ0n) is 18.0. The van der Waals surface area contributed by atoms with E-state index in [1.807, 2.05) is 54.6 Å². The molecule has 0 atom stereocenters. The molecule has 0 aliphatic rings. The van der Waals surface area contributed by atoms with Gasteiger partial charge in [-0.2, -0.15) is 0 Å². The first-order valence-electron chi connectivity index (χ1n) is 10.1. The van der Waals surface area contributed by atoms with Gasteiger partial charge in [-0.25, -0.2) is 4.79 Å². The smallest absolute Gasteiger partial charge is 0.336 e. The summed E-state index contributed by atoms with van der Waals surface area (Å²) in [5.41, 5.74) is 2.10. The Labute approximate surface area is 185 Å². The molecule has 5 nitrogen and oxygen atoms in total. The van der Waals surface area contributed by atoms with Gasteiger partial charge in [0, 0.05) is 6.08 Å². The molecule has 4 rings (SSSR count). The second-order valence-electron chi connectivity index (χ2n) is 7.33. The zero-order valence-corrected chi connectivity index (χ0v) is 18.0. The van der Waals surface area contributed by atoms with E-state index in [-0.39, 0.29) is 11.2 Å². The number of aryl methyl sites for hydroxylation is 2. The Morgan fingerprint density at radius 1 is 0.875 bits per heavy atom. The van der Waals surface area contributed by atoms with Crippen LogP contribution in [0.4, 0.5) is 0 Å². The highest BCUT2D eigenvalue weighted by Crippen LogP contribution is 2.34. The van der Waals surface area contributed by atoms with Crippen LogP contribution in [0.15, 0.2) is 82.0 Å². The number of furan rings is 1. The monoisotopic (exact) mass is 426 g/mol. The van der Waals surface area contributed by atoms with Crippen LogP contribution in [0, 0.1) is 13.8 Å². The summed E-state index contributed by atoms with van der Waals surface area (Å²) in [7, 11) is 1.59. The van der Waals surface area contributed by atoms with Crippen molar-refractivity contribution in [1.82, 2.24) is 0 Å². The van der Waals surface area contributed by atoms with Gasteiger partial charge in [0.1, 0.15) is 23.0 Å². The van der Waals surface area contributed by atoms with Crippen LogP contribution in [0.5, 0.6) is 11.5 Å². The number of rotatable bonds is 5. The summed E-state index contributed by atoms with van der Waals surface area (Å²) in [6.07, 6.45) is 3.04. The maximum atomic E-state index is 13.0. The van der Waals surface area contributed by atoms with Crippen LogP contribution in [0.1, 0.15) is 17.1 Å². The van der Waals surface area contributed by atoms with Gasteiger partial charge in [-0.3, -0.25) is 4.79 Å². The fraction of sp³-hybridized carbons (Fsp3) is 0.111. The Balaban J connectivity index is 1.82. The average molecular weight is 426 g/mol. The summed E-state index contributed by atoms with van der Waals surface area (Å²) in [6.45, 7) is 3.48. The van der Waals surface area contributed by atoms with Crippen molar-refractivity contribution >= 4 is 22.8 Å². The molecule has 3 aromatic carbocycles. The summed E-state index contributed by atoms with van der Waals surface area (Å²) in [4.78, 5) is 25.7. The molecule has 0 saturated heterocycles. The zero-order chi connectivity index (χ0) is 22.7. The van der Waals surface area contributed by atoms with Crippen molar-refractivity contribution in [2.75, 3.05) is 7.11 Å². The van der Waals surface area contributed by atoms with E-state index in [1.54, 1.807) is 33.1 Å². The summed E-state index contributed by atoms with van der Waals surface area (Å²) in [5, 5.41) is 0.894. The van der Waals surface area contributed by atoms with Crippen LogP contribution in [-0.2, 0) is 4.79 Å². The Kier molecular flexibility index (Phi) is 5.90. The van der Waals surface area contributed by atoms with E-state index in [2.05, 4.69) is 0 Å². The molecule has 0 N–H and O–H groups in total. The van der Waals surface area contributed by atoms with Crippen molar-refractivity contribution in [1.29, 1.82) is 0 Å². The van der Waals surface area contributed by atoms with Crippen LogP contribution in [0.2, 0.25) is 0 Å². The number of carbonyl (C=O) groups is 1. The lowest BCUT2D eigenvalue weighted by Crippen LogP contribution is -2.04. The molecule has 0 unspecified atom stereocenters. The highest BCUT2D eigenvalue weighted by Gasteiger charge is 2.18. The minimum atomic E-state index is -0.548. The standard InChI is InChI=1S/C27H22O5/c1-17-26-23(28)15-21(20-10-12-22(30-3)13-11-20)16-24(27(26)18(2)31-17)32-25(29)14-9-19-7-5-4-6-8-19/h4-16H,1-3H3/b14-9+. The topological polar surface area (TPSA) is 65.7 Å². The third kappa shape index (κ3) is 4.32. The van der Waals surface area contributed by atoms with Crippen molar-refractivity contribution in [3.63, 3.8) is 0 Å². The summed E-state index contributed by atoms with van der Waals surface area (Å²) in [6, 6.07) is 20.0. The quantitative estimate of drug-likeness (QED) is 0.302. The molecule has 0 radical (unpaired) electrons. The molecule has 0 saturated carbocycles. The molecule has 4 aromatic rings. The van der Waals surface area contributed by atoms with Gasteiger partial charge in [0.25, 0.3) is 0 Å². The van der Waals surface area contributed by atoms with Crippen LogP contribution in [-0.4, -0.2) is 13.1 Å². The van der Waals surface area contributed by atoms with Crippen LogP contribution in [0.3, 0.4) is 0 Å². The molecule has 0 aliphatic carbocycles. The van der Waals surface area contributed by atoms with Gasteiger partial charge in [-0.15, -0.1) is 0 Å². The maximum Gasteiger partial charge on any atom is 0.336 e. The van der Waals surface area contributed by atoms with E-state index in [0.29, 0.717) is 33.6 Å². The van der Waals surface area contributed by atoms with E-state index >= 15 is 0 Å². The lowest BCUT2D eigenvalue weighted by atomic mass is 10.1. The predicted molar refractivity (Wildman–Crippen MR) is 125 cm³/mol. The van der Waals surface area contributed by atoms with Crippen molar-refractivity contribution < 1.29 is 18.7 Å². The molecular formula is C27H22O5. The first-order chi connectivity index (χ1) is 15.5. The third-order valence-electron chi connectivity index (χ3n) is 5.17. The van der Waals surface area contributed by atoms with Crippen LogP contribution >= 0.6 is 0 Å². The number of fused-ring (bicyclic) bond motifs is 1. The summed E-state index contributed by atoms with van der Waals surface area (Å²) >= 11 is 0. The third-order valence-corrected chi connectivity index (χ3v) is 5.17. The Morgan fingerprint density at radius 3 is 2.25 bits per heavy atom. The molecule has 5 heteroatoms. The number of methoxy groups -OCH3 is 1. The van der Waals surface area contributed by atoms with E-state index in [0.717, 1.165) is 11.1 Å². The van der Waals surface area contributed by atoms with Crippen molar-refractivity contribution in [3.05, 3.63) is 100 Å². The largest absolute Gasteiger partial charge is 0.497 e.